The predicted molar refractivity (Wildman–Crippen MR) is 109 cm³/mol. The zero-order valence-electron chi connectivity index (χ0n) is 15.5. The fourth-order valence-electron chi connectivity index (χ4n) is 3.35. The van der Waals surface area contributed by atoms with Crippen molar-refractivity contribution in [3.05, 3.63) is 76.3 Å². The molecule has 1 aliphatic rings. The quantitative estimate of drug-likeness (QED) is 0.719. The molecule has 4 rings (SSSR count). The van der Waals surface area contributed by atoms with Gasteiger partial charge in [-0.1, -0.05) is 29.8 Å². The van der Waals surface area contributed by atoms with Gasteiger partial charge in [-0.15, -0.1) is 0 Å². The third-order valence-corrected chi connectivity index (χ3v) is 5.20. The van der Waals surface area contributed by atoms with Crippen LogP contribution in [0.1, 0.15) is 35.3 Å². The molecule has 5 nitrogen and oxygen atoms in total. The van der Waals surface area contributed by atoms with E-state index in [1.165, 1.54) is 11.1 Å². The number of halogens is 1. The molecule has 3 aromatic rings. The van der Waals surface area contributed by atoms with Gasteiger partial charge in [0.2, 0.25) is 0 Å². The van der Waals surface area contributed by atoms with Crippen molar-refractivity contribution in [2.45, 2.75) is 32.9 Å². The molecule has 1 N–H and O–H groups in total. The zero-order chi connectivity index (χ0) is 18.8. The van der Waals surface area contributed by atoms with E-state index in [2.05, 4.69) is 51.1 Å². The second-order valence-corrected chi connectivity index (χ2v) is 7.37. The van der Waals surface area contributed by atoms with Gasteiger partial charge in [0.05, 0.1) is 5.69 Å². The summed E-state index contributed by atoms with van der Waals surface area (Å²) in [6.07, 6.45) is 4.45. The lowest BCUT2D eigenvalue weighted by Gasteiger charge is -2.30. The first kappa shape index (κ1) is 17.7. The highest BCUT2D eigenvalue weighted by Gasteiger charge is 2.22. The van der Waals surface area contributed by atoms with Crippen molar-refractivity contribution < 1.29 is 0 Å². The summed E-state index contributed by atoms with van der Waals surface area (Å²) >= 11 is 6.00. The van der Waals surface area contributed by atoms with Gasteiger partial charge >= 0.3 is 0 Å². The highest BCUT2D eigenvalue weighted by molar-refractivity contribution is 6.30. The van der Waals surface area contributed by atoms with Gasteiger partial charge in [-0.2, -0.15) is 0 Å². The van der Waals surface area contributed by atoms with Gasteiger partial charge in [0.25, 0.3) is 0 Å². The lowest BCUT2D eigenvalue weighted by Crippen LogP contribution is -2.32. The normalized spacial score (nSPS) is 14.6. The molecule has 0 saturated heterocycles. The average molecular weight is 380 g/mol. The van der Waals surface area contributed by atoms with Gasteiger partial charge < -0.3 is 10.2 Å². The number of aromatic nitrogens is 3. The van der Waals surface area contributed by atoms with Gasteiger partial charge in [-0.25, -0.2) is 15.0 Å². The molecule has 1 aliphatic heterocycles. The highest BCUT2D eigenvalue weighted by Crippen LogP contribution is 2.28. The van der Waals surface area contributed by atoms with Crippen molar-refractivity contribution >= 4 is 23.2 Å². The van der Waals surface area contributed by atoms with E-state index >= 15 is 0 Å². The van der Waals surface area contributed by atoms with Gasteiger partial charge in [0, 0.05) is 42.3 Å². The van der Waals surface area contributed by atoms with Crippen LogP contribution in [0, 0.1) is 6.92 Å². The Morgan fingerprint density at radius 1 is 1.07 bits per heavy atom. The van der Waals surface area contributed by atoms with Crippen LogP contribution in [-0.2, 0) is 13.0 Å². The average Bonchev–Trinajstić information content (AvgIpc) is 2.69. The third-order valence-electron chi connectivity index (χ3n) is 4.95. The van der Waals surface area contributed by atoms with Crippen molar-refractivity contribution in [1.82, 2.24) is 15.0 Å². The van der Waals surface area contributed by atoms with Gasteiger partial charge in [-0.05, 0) is 43.2 Å². The molecule has 138 valence electrons. The standard InChI is InChI=1S/C21H22ClN5/c1-14-3-8-20(23-11-14)27-10-9-19-18(12-27)21(25-13-24-19)26-15(2)16-4-6-17(22)7-5-16/h3-8,11,13,15H,9-10,12H2,1-2H3,(H,24,25,26). The number of nitrogens with zero attached hydrogens (tertiary/aromatic N) is 4. The number of anilines is 2. The number of benzene rings is 1. The van der Waals surface area contributed by atoms with E-state index in [1.54, 1.807) is 6.33 Å². The largest absolute Gasteiger partial charge is 0.363 e. The molecular weight excluding hydrogens is 358 g/mol. The van der Waals surface area contributed by atoms with Gasteiger partial charge in [0.15, 0.2) is 0 Å². The highest BCUT2D eigenvalue weighted by atomic mass is 35.5. The molecule has 27 heavy (non-hydrogen) atoms. The second-order valence-electron chi connectivity index (χ2n) is 6.93. The van der Waals surface area contributed by atoms with Crippen LogP contribution < -0.4 is 10.2 Å². The van der Waals surface area contributed by atoms with Crippen LogP contribution >= 0.6 is 11.6 Å². The Hall–Kier alpha value is -2.66. The van der Waals surface area contributed by atoms with Crippen molar-refractivity contribution in [2.75, 3.05) is 16.8 Å². The smallest absolute Gasteiger partial charge is 0.135 e. The van der Waals surface area contributed by atoms with Crippen LogP contribution in [-0.4, -0.2) is 21.5 Å². The molecule has 6 heteroatoms. The lowest BCUT2D eigenvalue weighted by atomic mass is 10.0. The van der Waals surface area contributed by atoms with E-state index in [4.69, 9.17) is 11.6 Å². The van der Waals surface area contributed by atoms with Crippen molar-refractivity contribution in [2.24, 2.45) is 0 Å². The topological polar surface area (TPSA) is 53.9 Å². The molecule has 2 aromatic heterocycles. The van der Waals surface area contributed by atoms with Crippen LogP contribution in [0.5, 0.6) is 0 Å². The Morgan fingerprint density at radius 2 is 1.89 bits per heavy atom. The van der Waals surface area contributed by atoms with Crippen LogP contribution in [0.4, 0.5) is 11.6 Å². The molecule has 0 spiro atoms. The molecule has 0 aliphatic carbocycles. The Bertz CT molecular complexity index is 924. The molecule has 0 radical (unpaired) electrons. The first-order valence-electron chi connectivity index (χ1n) is 9.12. The Morgan fingerprint density at radius 3 is 2.63 bits per heavy atom. The number of hydrogen-bond acceptors (Lipinski definition) is 5. The maximum absolute atomic E-state index is 6.00. The molecule has 1 atom stereocenters. The Kier molecular flexibility index (Phi) is 4.94. The number of nitrogens with one attached hydrogen (secondary N) is 1. The van der Waals surface area contributed by atoms with Crippen molar-refractivity contribution in [3.8, 4) is 0 Å². The fourth-order valence-corrected chi connectivity index (χ4v) is 3.47. The summed E-state index contributed by atoms with van der Waals surface area (Å²) < 4.78 is 0. The summed E-state index contributed by atoms with van der Waals surface area (Å²) in [4.78, 5) is 15.9. The van der Waals surface area contributed by atoms with Gasteiger partial charge in [0.1, 0.15) is 18.0 Å². The molecule has 0 amide bonds. The summed E-state index contributed by atoms with van der Waals surface area (Å²) in [5, 5.41) is 4.29. The maximum atomic E-state index is 6.00. The molecule has 0 saturated carbocycles. The predicted octanol–water partition coefficient (Wildman–Crippen LogP) is 4.57. The third kappa shape index (κ3) is 3.88. The van der Waals surface area contributed by atoms with Crippen LogP contribution in [0.3, 0.4) is 0 Å². The molecule has 1 unspecified atom stereocenters. The van der Waals surface area contributed by atoms with E-state index < -0.39 is 0 Å². The number of fused-ring (bicyclic) bond motifs is 1. The Balaban J connectivity index is 1.57. The molecular formula is C21H22ClN5. The SMILES string of the molecule is Cc1ccc(N2CCc3ncnc(NC(C)c4ccc(Cl)cc4)c3C2)nc1. The van der Waals surface area contributed by atoms with Crippen molar-refractivity contribution in [3.63, 3.8) is 0 Å². The van der Waals surface area contributed by atoms with E-state index in [-0.39, 0.29) is 6.04 Å². The molecule has 0 bridgehead atoms. The van der Waals surface area contributed by atoms with E-state index in [9.17, 15) is 0 Å². The number of rotatable bonds is 4. The van der Waals surface area contributed by atoms with Crippen LogP contribution in [0.25, 0.3) is 0 Å². The van der Waals surface area contributed by atoms with Crippen molar-refractivity contribution in [1.29, 1.82) is 0 Å². The minimum absolute atomic E-state index is 0.120. The fraction of sp³-hybridized carbons (Fsp3) is 0.286. The summed E-state index contributed by atoms with van der Waals surface area (Å²) in [7, 11) is 0. The minimum atomic E-state index is 0.120. The van der Waals surface area contributed by atoms with Crippen LogP contribution in [0.2, 0.25) is 5.02 Å². The maximum Gasteiger partial charge on any atom is 0.135 e. The first-order chi connectivity index (χ1) is 13.1. The first-order valence-corrected chi connectivity index (χ1v) is 9.50. The molecule has 1 aromatic carbocycles. The summed E-state index contributed by atoms with van der Waals surface area (Å²) in [6.45, 7) is 5.84. The summed E-state index contributed by atoms with van der Waals surface area (Å²) in [5.41, 5.74) is 4.59. The lowest BCUT2D eigenvalue weighted by molar-refractivity contribution is 0.694. The number of pyridine rings is 1. The number of hydrogen-bond donors (Lipinski definition) is 1. The van der Waals surface area contributed by atoms with E-state index in [0.29, 0.717) is 0 Å². The summed E-state index contributed by atoms with van der Waals surface area (Å²) in [6, 6.07) is 12.2. The van der Waals surface area contributed by atoms with E-state index in [1.807, 2.05) is 30.5 Å². The Labute approximate surface area is 164 Å². The molecule has 0 fully saturated rings. The summed E-state index contributed by atoms with van der Waals surface area (Å²) in [5.74, 6) is 1.88. The second kappa shape index (κ2) is 7.53. The molecule has 3 heterocycles. The van der Waals surface area contributed by atoms with Crippen LogP contribution in [0.15, 0.2) is 48.9 Å². The van der Waals surface area contributed by atoms with Gasteiger partial charge in [-0.3, -0.25) is 0 Å². The number of aryl methyl sites for hydroxylation is 1. The monoisotopic (exact) mass is 379 g/mol. The zero-order valence-corrected chi connectivity index (χ0v) is 16.2. The van der Waals surface area contributed by atoms with E-state index in [0.717, 1.165) is 47.4 Å². The minimum Gasteiger partial charge on any atom is -0.363 e.